The van der Waals surface area contributed by atoms with Crippen LogP contribution in [0.25, 0.3) is 0 Å². The Balaban J connectivity index is 2.85. The highest BCUT2D eigenvalue weighted by Gasteiger charge is 2.12. The molecule has 1 aromatic rings. The predicted octanol–water partition coefficient (Wildman–Crippen LogP) is 0.533. The van der Waals surface area contributed by atoms with Crippen molar-refractivity contribution in [3.8, 4) is 11.8 Å². The van der Waals surface area contributed by atoms with Crippen LogP contribution in [0.2, 0.25) is 0 Å². The van der Waals surface area contributed by atoms with Gasteiger partial charge in [0, 0.05) is 30.8 Å². The molecule has 0 spiro atoms. The normalized spacial score (nSPS) is 9.31. The molecule has 0 unspecified atom stereocenters. The predicted molar refractivity (Wildman–Crippen MR) is 60.7 cm³/mol. The molecule has 0 amide bonds. The van der Waals surface area contributed by atoms with Gasteiger partial charge in [-0.3, -0.25) is 10.1 Å². The summed E-state index contributed by atoms with van der Waals surface area (Å²) < 4.78 is 0. The molecule has 1 rings (SSSR count). The SMILES string of the molecule is CNCCC#Cc1cnc(N)c([N+](=O)[O-])c1. The van der Waals surface area contributed by atoms with Gasteiger partial charge in [-0.15, -0.1) is 0 Å². The van der Waals surface area contributed by atoms with Gasteiger partial charge >= 0.3 is 5.69 Å². The number of anilines is 1. The minimum absolute atomic E-state index is 0.0919. The van der Waals surface area contributed by atoms with Crippen LogP contribution in [0, 0.1) is 22.0 Å². The molecular formula is C10H12N4O2. The summed E-state index contributed by atoms with van der Waals surface area (Å²) in [5.74, 6) is 5.57. The molecule has 0 atom stereocenters. The lowest BCUT2D eigenvalue weighted by Gasteiger charge is -1.96. The summed E-state index contributed by atoms with van der Waals surface area (Å²) in [4.78, 5) is 13.7. The van der Waals surface area contributed by atoms with Gasteiger partial charge in [-0.2, -0.15) is 0 Å². The van der Waals surface area contributed by atoms with E-state index < -0.39 is 4.92 Å². The Hall–Kier alpha value is -2.13. The van der Waals surface area contributed by atoms with Crippen LogP contribution in [-0.4, -0.2) is 23.5 Å². The Labute approximate surface area is 93.0 Å². The van der Waals surface area contributed by atoms with E-state index >= 15 is 0 Å². The molecule has 0 aromatic carbocycles. The zero-order valence-corrected chi connectivity index (χ0v) is 8.86. The third kappa shape index (κ3) is 3.22. The molecule has 0 saturated carbocycles. The molecule has 0 aliphatic carbocycles. The highest BCUT2D eigenvalue weighted by molar-refractivity contribution is 5.55. The smallest absolute Gasteiger partial charge is 0.312 e. The van der Waals surface area contributed by atoms with E-state index in [1.165, 1.54) is 12.3 Å². The van der Waals surface area contributed by atoms with Gasteiger partial charge in [0.2, 0.25) is 5.82 Å². The summed E-state index contributed by atoms with van der Waals surface area (Å²) in [6.45, 7) is 0.775. The van der Waals surface area contributed by atoms with Crippen LogP contribution < -0.4 is 11.1 Å². The lowest BCUT2D eigenvalue weighted by molar-refractivity contribution is -0.384. The number of hydrogen-bond donors (Lipinski definition) is 2. The van der Waals surface area contributed by atoms with Gasteiger partial charge in [0.25, 0.3) is 0 Å². The van der Waals surface area contributed by atoms with E-state index in [4.69, 9.17) is 5.73 Å². The van der Waals surface area contributed by atoms with Crippen LogP contribution in [0.5, 0.6) is 0 Å². The Bertz CT molecular complexity index is 448. The molecule has 0 fully saturated rings. The maximum absolute atomic E-state index is 10.6. The average molecular weight is 220 g/mol. The second-order valence-electron chi connectivity index (χ2n) is 3.04. The fourth-order valence-electron chi connectivity index (χ4n) is 1.03. The molecule has 0 aliphatic rings. The maximum Gasteiger partial charge on any atom is 0.312 e. The zero-order chi connectivity index (χ0) is 12.0. The lowest BCUT2D eigenvalue weighted by atomic mass is 10.2. The maximum atomic E-state index is 10.6. The molecule has 6 heteroatoms. The van der Waals surface area contributed by atoms with Crippen LogP contribution in [0.1, 0.15) is 12.0 Å². The molecule has 84 valence electrons. The van der Waals surface area contributed by atoms with Crippen LogP contribution in [0.3, 0.4) is 0 Å². The van der Waals surface area contributed by atoms with E-state index in [1.54, 1.807) is 0 Å². The van der Waals surface area contributed by atoms with Crippen molar-refractivity contribution >= 4 is 11.5 Å². The van der Waals surface area contributed by atoms with Gasteiger partial charge in [-0.05, 0) is 7.05 Å². The van der Waals surface area contributed by atoms with Gasteiger partial charge in [-0.1, -0.05) is 11.8 Å². The van der Waals surface area contributed by atoms with E-state index in [1.807, 2.05) is 7.05 Å². The van der Waals surface area contributed by atoms with Crippen molar-refractivity contribution in [1.82, 2.24) is 10.3 Å². The Morgan fingerprint density at radius 1 is 1.69 bits per heavy atom. The molecule has 0 bridgehead atoms. The lowest BCUT2D eigenvalue weighted by Crippen LogP contribution is -2.05. The van der Waals surface area contributed by atoms with E-state index in [0.29, 0.717) is 12.0 Å². The first-order valence-electron chi connectivity index (χ1n) is 4.68. The number of aromatic nitrogens is 1. The standard InChI is InChI=1S/C10H12N4O2/c1-12-5-3-2-4-8-6-9(14(15)16)10(11)13-7-8/h6-7,12H,3,5H2,1H3,(H2,11,13). The second-order valence-corrected chi connectivity index (χ2v) is 3.04. The first kappa shape index (κ1) is 11.9. The minimum Gasteiger partial charge on any atom is -0.378 e. The summed E-state index contributed by atoms with van der Waals surface area (Å²) in [6.07, 6.45) is 2.10. The molecule has 1 aromatic heterocycles. The molecule has 0 aliphatic heterocycles. The molecule has 0 radical (unpaired) electrons. The Morgan fingerprint density at radius 2 is 2.44 bits per heavy atom. The van der Waals surface area contributed by atoms with Gasteiger partial charge in [0.15, 0.2) is 0 Å². The highest BCUT2D eigenvalue weighted by Crippen LogP contribution is 2.18. The topological polar surface area (TPSA) is 94.1 Å². The average Bonchev–Trinajstić information content (AvgIpc) is 2.26. The van der Waals surface area contributed by atoms with Crippen molar-refractivity contribution in [2.75, 3.05) is 19.3 Å². The summed E-state index contributed by atoms with van der Waals surface area (Å²) in [6, 6.07) is 1.33. The molecule has 16 heavy (non-hydrogen) atoms. The summed E-state index contributed by atoms with van der Waals surface area (Å²) in [5.41, 5.74) is 5.65. The van der Waals surface area contributed by atoms with E-state index in [9.17, 15) is 10.1 Å². The quantitative estimate of drug-likeness (QED) is 0.335. The van der Waals surface area contributed by atoms with E-state index in [0.717, 1.165) is 6.54 Å². The largest absolute Gasteiger partial charge is 0.378 e. The van der Waals surface area contributed by atoms with Gasteiger partial charge in [0.1, 0.15) is 0 Å². The van der Waals surface area contributed by atoms with Crippen molar-refractivity contribution in [2.45, 2.75) is 6.42 Å². The number of pyridine rings is 1. The van der Waals surface area contributed by atoms with Crippen LogP contribution >= 0.6 is 0 Å². The molecule has 6 nitrogen and oxygen atoms in total. The van der Waals surface area contributed by atoms with Gasteiger partial charge < -0.3 is 11.1 Å². The third-order valence-corrected chi connectivity index (χ3v) is 1.83. The van der Waals surface area contributed by atoms with Crippen molar-refractivity contribution in [2.24, 2.45) is 0 Å². The zero-order valence-electron chi connectivity index (χ0n) is 8.86. The summed E-state index contributed by atoms with van der Waals surface area (Å²) in [7, 11) is 1.83. The molecule has 1 heterocycles. The molecular weight excluding hydrogens is 208 g/mol. The summed E-state index contributed by atoms with van der Waals surface area (Å²) >= 11 is 0. The number of rotatable bonds is 3. The first-order valence-corrected chi connectivity index (χ1v) is 4.68. The number of hydrogen-bond acceptors (Lipinski definition) is 5. The number of nitrogens with one attached hydrogen (secondary N) is 1. The minimum atomic E-state index is -0.568. The summed E-state index contributed by atoms with van der Waals surface area (Å²) in [5, 5.41) is 13.5. The monoisotopic (exact) mass is 220 g/mol. The van der Waals surface area contributed by atoms with Crippen LogP contribution in [-0.2, 0) is 0 Å². The molecule has 3 N–H and O–H groups in total. The highest BCUT2D eigenvalue weighted by atomic mass is 16.6. The van der Waals surface area contributed by atoms with E-state index in [-0.39, 0.29) is 11.5 Å². The Kier molecular flexibility index (Phi) is 4.24. The third-order valence-electron chi connectivity index (χ3n) is 1.83. The van der Waals surface area contributed by atoms with E-state index in [2.05, 4.69) is 22.1 Å². The van der Waals surface area contributed by atoms with Crippen LogP contribution in [0.4, 0.5) is 11.5 Å². The van der Waals surface area contributed by atoms with Crippen molar-refractivity contribution in [3.05, 3.63) is 27.9 Å². The molecule has 0 saturated heterocycles. The Morgan fingerprint density at radius 3 is 3.06 bits per heavy atom. The van der Waals surface area contributed by atoms with Gasteiger partial charge in [-0.25, -0.2) is 4.98 Å². The number of nitro groups is 1. The van der Waals surface area contributed by atoms with Crippen molar-refractivity contribution in [3.63, 3.8) is 0 Å². The fraction of sp³-hybridized carbons (Fsp3) is 0.300. The number of nitrogens with zero attached hydrogens (tertiary/aromatic N) is 2. The second kappa shape index (κ2) is 5.68. The van der Waals surface area contributed by atoms with Crippen molar-refractivity contribution in [1.29, 1.82) is 0 Å². The number of nitrogen functional groups attached to an aromatic ring is 1. The first-order chi connectivity index (χ1) is 7.65. The van der Waals surface area contributed by atoms with Crippen LogP contribution in [0.15, 0.2) is 12.3 Å². The fourth-order valence-corrected chi connectivity index (χ4v) is 1.03. The van der Waals surface area contributed by atoms with Crippen molar-refractivity contribution < 1.29 is 4.92 Å². The number of nitrogens with two attached hydrogens (primary N) is 1. The van der Waals surface area contributed by atoms with Gasteiger partial charge in [0.05, 0.1) is 4.92 Å².